The SMILES string of the molecule is CCOc1ccc(S(=O)(=O)Nc2ccc3c(c2)C(=O)N(C)CCO3)cc1F. The number of benzene rings is 2. The first-order chi connectivity index (χ1) is 12.8. The number of halogens is 1. The van der Waals surface area contributed by atoms with Gasteiger partial charge in [0.05, 0.1) is 23.6 Å². The highest BCUT2D eigenvalue weighted by Crippen LogP contribution is 2.28. The zero-order valence-corrected chi connectivity index (χ0v) is 15.7. The van der Waals surface area contributed by atoms with Gasteiger partial charge in [0.25, 0.3) is 15.9 Å². The van der Waals surface area contributed by atoms with E-state index in [0.717, 1.165) is 6.07 Å². The minimum Gasteiger partial charge on any atom is -0.491 e. The van der Waals surface area contributed by atoms with Crippen LogP contribution in [0.2, 0.25) is 0 Å². The molecule has 0 aliphatic carbocycles. The average Bonchev–Trinajstić information content (AvgIpc) is 2.76. The first-order valence-corrected chi connectivity index (χ1v) is 9.77. The molecule has 0 radical (unpaired) electrons. The Balaban J connectivity index is 1.89. The minimum atomic E-state index is -4.05. The number of ether oxygens (including phenoxy) is 2. The van der Waals surface area contributed by atoms with E-state index >= 15 is 0 Å². The second-order valence-electron chi connectivity index (χ2n) is 5.92. The molecule has 2 aromatic rings. The van der Waals surface area contributed by atoms with Crippen LogP contribution in [0.5, 0.6) is 11.5 Å². The highest BCUT2D eigenvalue weighted by atomic mass is 32.2. The Labute approximate surface area is 156 Å². The highest BCUT2D eigenvalue weighted by Gasteiger charge is 2.23. The Bertz CT molecular complexity index is 978. The van der Waals surface area contributed by atoms with E-state index in [4.69, 9.17) is 9.47 Å². The lowest BCUT2D eigenvalue weighted by atomic mass is 10.1. The van der Waals surface area contributed by atoms with Gasteiger partial charge in [-0.3, -0.25) is 9.52 Å². The van der Waals surface area contributed by atoms with Gasteiger partial charge in [-0.05, 0) is 43.3 Å². The molecule has 0 fully saturated rings. The van der Waals surface area contributed by atoms with Crippen molar-refractivity contribution in [3.63, 3.8) is 0 Å². The zero-order chi connectivity index (χ0) is 19.6. The Morgan fingerprint density at radius 2 is 2.04 bits per heavy atom. The van der Waals surface area contributed by atoms with Crippen LogP contribution in [-0.4, -0.2) is 46.0 Å². The summed E-state index contributed by atoms with van der Waals surface area (Å²) in [5.41, 5.74) is 0.434. The number of nitrogens with one attached hydrogen (secondary N) is 1. The fourth-order valence-corrected chi connectivity index (χ4v) is 3.68. The Kier molecular flexibility index (Phi) is 5.22. The van der Waals surface area contributed by atoms with Crippen molar-refractivity contribution in [2.45, 2.75) is 11.8 Å². The summed E-state index contributed by atoms with van der Waals surface area (Å²) < 4.78 is 52.0. The van der Waals surface area contributed by atoms with Crippen LogP contribution in [0, 0.1) is 5.82 Å². The van der Waals surface area contributed by atoms with Gasteiger partial charge in [-0.15, -0.1) is 0 Å². The van der Waals surface area contributed by atoms with E-state index in [1.807, 2.05) is 0 Å². The molecule has 0 spiro atoms. The van der Waals surface area contributed by atoms with E-state index in [2.05, 4.69) is 4.72 Å². The molecule has 1 aliphatic heterocycles. The van der Waals surface area contributed by atoms with Gasteiger partial charge in [0.1, 0.15) is 12.4 Å². The Morgan fingerprint density at radius 3 is 2.74 bits per heavy atom. The van der Waals surface area contributed by atoms with Gasteiger partial charge >= 0.3 is 0 Å². The summed E-state index contributed by atoms with van der Waals surface area (Å²) in [5.74, 6) is -0.672. The van der Waals surface area contributed by atoms with Gasteiger partial charge in [-0.25, -0.2) is 12.8 Å². The van der Waals surface area contributed by atoms with Crippen molar-refractivity contribution in [3.8, 4) is 11.5 Å². The third-order valence-electron chi connectivity index (χ3n) is 4.01. The fourth-order valence-electron chi connectivity index (χ4n) is 2.62. The molecule has 0 bridgehead atoms. The highest BCUT2D eigenvalue weighted by molar-refractivity contribution is 7.92. The molecular weight excluding hydrogens is 375 g/mol. The maximum atomic E-state index is 14.0. The summed E-state index contributed by atoms with van der Waals surface area (Å²) in [6.07, 6.45) is 0. The van der Waals surface area contributed by atoms with Crippen molar-refractivity contribution in [3.05, 3.63) is 47.8 Å². The Hall–Kier alpha value is -2.81. The third kappa shape index (κ3) is 3.97. The largest absolute Gasteiger partial charge is 0.491 e. The van der Waals surface area contributed by atoms with Crippen molar-refractivity contribution < 1.29 is 27.1 Å². The van der Waals surface area contributed by atoms with E-state index in [1.54, 1.807) is 14.0 Å². The van der Waals surface area contributed by atoms with Gasteiger partial charge in [0.2, 0.25) is 0 Å². The van der Waals surface area contributed by atoms with Crippen LogP contribution in [0.15, 0.2) is 41.3 Å². The summed E-state index contributed by atoms with van der Waals surface area (Å²) in [7, 11) is -2.41. The fraction of sp³-hybridized carbons (Fsp3) is 0.278. The zero-order valence-electron chi connectivity index (χ0n) is 14.9. The maximum Gasteiger partial charge on any atom is 0.262 e. The number of amides is 1. The monoisotopic (exact) mass is 394 g/mol. The summed E-state index contributed by atoms with van der Waals surface area (Å²) >= 11 is 0. The molecule has 1 heterocycles. The van der Waals surface area contributed by atoms with Crippen LogP contribution in [-0.2, 0) is 10.0 Å². The maximum absolute atomic E-state index is 14.0. The number of anilines is 1. The molecule has 0 atom stereocenters. The van der Waals surface area contributed by atoms with Crippen molar-refractivity contribution in [1.29, 1.82) is 0 Å². The van der Waals surface area contributed by atoms with E-state index < -0.39 is 15.8 Å². The molecule has 0 unspecified atom stereocenters. The first-order valence-electron chi connectivity index (χ1n) is 8.29. The standard InChI is InChI=1S/C18H19FN2O5S/c1-3-25-17-7-5-13(11-15(17)19)27(23,24)20-12-4-6-16-14(10-12)18(22)21(2)8-9-26-16/h4-7,10-11,20H,3,8-9H2,1-2H3. The van der Waals surface area contributed by atoms with E-state index in [-0.39, 0.29) is 34.4 Å². The lowest BCUT2D eigenvalue weighted by molar-refractivity contribution is 0.0796. The number of sulfonamides is 1. The van der Waals surface area contributed by atoms with Crippen molar-refractivity contribution >= 4 is 21.6 Å². The molecule has 1 aliphatic rings. The lowest BCUT2D eigenvalue weighted by Crippen LogP contribution is -2.27. The topological polar surface area (TPSA) is 84.9 Å². The lowest BCUT2D eigenvalue weighted by Gasteiger charge is -2.14. The van der Waals surface area contributed by atoms with Crippen LogP contribution in [0.1, 0.15) is 17.3 Å². The Morgan fingerprint density at radius 1 is 1.26 bits per heavy atom. The molecule has 7 nitrogen and oxygen atoms in total. The van der Waals surface area contributed by atoms with Crippen LogP contribution in [0.3, 0.4) is 0 Å². The van der Waals surface area contributed by atoms with Crippen molar-refractivity contribution in [2.24, 2.45) is 0 Å². The summed E-state index contributed by atoms with van der Waals surface area (Å²) in [5, 5.41) is 0. The quantitative estimate of drug-likeness (QED) is 0.842. The summed E-state index contributed by atoms with van der Waals surface area (Å²) in [6, 6.07) is 7.82. The molecule has 27 heavy (non-hydrogen) atoms. The third-order valence-corrected chi connectivity index (χ3v) is 5.39. The van der Waals surface area contributed by atoms with E-state index in [9.17, 15) is 17.6 Å². The van der Waals surface area contributed by atoms with Gasteiger partial charge < -0.3 is 14.4 Å². The molecule has 0 saturated heterocycles. The summed E-state index contributed by atoms with van der Waals surface area (Å²) in [4.78, 5) is 13.6. The predicted molar refractivity (Wildman–Crippen MR) is 97.3 cm³/mol. The normalized spacial score (nSPS) is 14.2. The average molecular weight is 394 g/mol. The smallest absolute Gasteiger partial charge is 0.262 e. The van der Waals surface area contributed by atoms with Gasteiger partial charge in [0.15, 0.2) is 11.6 Å². The second-order valence-corrected chi connectivity index (χ2v) is 7.60. The molecule has 144 valence electrons. The van der Waals surface area contributed by atoms with Crippen molar-refractivity contribution in [2.75, 3.05) is 31.5 Å². The number of fused-ring (bicyclic) bond motifs is 1. The van der Waals surface area contributed by atoms with E-state index in [0.29, 0.717) is 18.9 Å². The number of nitrogens with zero attached hydrogens (tertiary/aromatic N) is 1. The molecule has 3 rings (SSSR count). The van der Waals surface area contributed by atoms with Crippen LogP contribution in [0.25, 0.3) is 0 Å². The van der Waals surface area contributed by atoms with Crippen LogP contribution in [0.4, 0.5) is 10.1 Å². The number of hydrogen-bond acceptors (Lipinski definition) is 5. The molecule has 9 heteroatoms. The van der Waals surface area contributed by atoms with Crippen LogP contribution < -0.4 is 14.2 Å². The van der Waals surface area contributed by atoms with E-state index in [1.165, 1.54) is 35.2 Å². The van der Waals surface area contributed by atoms with Gasteiger partial charge in [-0.2, -0.15) is 0 Å². The number of hydrogen-bond donors (Lipinski definition) is 1. The van der Waals surface area contributed by atoms with Gasteiger partial charge in [-0.1, -0.05) is 0 Å². The van der Waals surface area contributed by atoms with Gasteiger partial charge in [0, 0.05) is 12.7 Å². The molecule has 2 aromatic carbocycles. The minimum absolute atomic E-state index is 0.0211. The molecule has 1 N–H and O–H groups in total. The predicted octanol–water partition coefficient (Wildman–Crippen LogP) is 2.49. The molecule has 1 amide bonds. The molecule has 0 aromatic heterocycles. The molecule has 0 saturated carbocycles. The number of carbonyl (C=O) groups is 1. The first kappa shape index (κ1) is 19.0. The summed E-state index contributed by atoms with van der Waals surface area (Å²) in [6.45, 7) is 2.75. The van der Waals surface area contributed by atoms with Crippen LogP contribution >= 0.6 is 0 Å². The number of likely N-dealkylation sites (N-methyl/N-ethyl adjacent to an activating group) is 1. The molecular formula is C18H19FN2O5S. The number of rotatable bonds is 5. The van der Waals surface area contributed by atoms with Crippen molar-refractivity contribution in [1.82, 2.24) is 4.90 Å². The number of carbonyl (C=O) groups excluding carboxylic acids is 1. The second kappa shape index (κ2) is 7.43.